The van der Waals surface area contributed by atoms with Crippen LogP contribution in [0.3, 0.4) is 0 Å². The average molecular weight is 182 g/mol. The number of nitrogens with one attached hydrogen (secondary N) is 1. The van der Waals surface area contributed by atoms with Gasteiger partial charge in [-0.25, -0.2) is 15.0 Å². The molecule has 0 bridgehead atoms. The maximum Gasteiger partial charge on any atom is 0.181 e. The molecule has 12 heavy (non-hydrogen) atoms. The lowest BCUT2D eigenvalue weighted by Crippen LogP contribution is -1.94. The number of aromatic nitrogens is 4. The van der Waals surface area contributed by atoms with Crippen LogP contribution in [0, 0.1) is 0 Å². The first-order chi connectivity index (χ1) is 5.79. The van der Waals surface area contributed by atoms with Crippen molar-refractivity contribution in [2.24, 2.45) is 0 Å². The van der Waals surface area contributed by atoms with Crippen LogP contribution >= 0.6 is 0 Å². The number of fused-ring (bicyclic) bond motifs is 1. The highest BCUT2D eigenvalue weighted by Gasteiger charge is 2.07. The molecule has 0 aliphatic rings. The first-order valence-electron chi connectivity index (χ1n) is 3.26. The van der Waals surface area contributed by atoms with Gasteiger partial charge in [-0.3, -0.25) is 4.21 Å². The molecule has 0 aliphatic heterocycles. The Balaban J connectivity index is 2.82. The molecule has 0 aromatic carbocycles. The summed E-state index contributed by atoms with van der Waals surface area (Å²) in [7, 11) is -1.10. The molecule has 0 spiro atoms. The highest BCUT2D eigenvalue weighted by Crippen LogP contribution is 2.11. The second kappa shape index (κ2) is 2.63. The van der Waals surface area contributed by atoms with Crippen molar-refractivity contribution in [3.8, 4) is 0 Å². The van der Waals surface area contributed by atoms with E-state index < -0.39 is 10.8 Å². The zero-order chi connectivity index (χ0) is 8.55. The highest BCUT2D eigenvalue weighted by molar-refractivity contribution is 7.84. The SMILES string of the molecule is CS(=O)c1ncnc2nc[nH]c12. The zero-order valence-corrected chi connectivity index (χ0v) is 7.13. The van der Waals surface area contributed by atoms with E-state index in [9.17, 15) is 4.21 Å². The van der Waals surface area contributed by atoms with Gasteiger partial charge in [0, 0.05) is 6.26 Å². The fraction of sp³-hybridized carbons (Fsp3) is 0.167. The monoisotopic (exact) mass is 182 g/mol. The Morgan fingerprint density at radius 1 is 1.42 bits per heavy atom. The van der Waals surface area contributed by atoms with Crippen molar-refractivity contribution >= 4 is 22.0 Å². The van der Waals surface area contributed by atoms with Gasteiger partial charge in [-0.15, -0.1) is 0 Å². The van der Waals surface area contributed by atoms with Gasteiger partial charge in [0.05, 0.1) is 17.1 Å². The van der Waals surface area contributed by atoms with E-state index >= 15 is 0 Å². The molecule has 5 nitrogen and oxygen atoms in total. The van der Waals surface area contributed by atoms with Gasteiger partial charge in [0.25, 0.3) is 0 Å². The van der Waals surface area contributed by atoms with E-state index in [0.717, 1.165) is 0 Å². The van der Waals surface area contributed by atoms with Crippen LogP contribution in [0.1, 0.15) is 0 Å². The van der Waals surface area contributed by atoms with Crippen LogP contribution in [-0.4, -0.2) is 30.4 Å². The molecule has 1 unspecified atom stereocenters. The summed E-state index contributed by atoms with van der Waals surface area (Å²) in [6.07, 6.45) is 4.44. The quantitative estimate of drug-likeness (QED) is 0.634. The van der Waals surface area contributed by atoms with Crippen LogP contribution in [0.4, 0.5) is 0 Å². The minimum Gasteiger partial charge on any atom is -0.341 e. The van der Waals surface area contributed by atoms with Crippen molar-refractivity contribution in [3.05, 3.63) is 12.7 Å². The third-order valence-corrected chi connectivity index (χ3v) is 2.31. The number of imidazole rings is 1. The number of nitrogens with zero attached hydrogens (tertiary/aromatic N) is 3. The van der Waals surface area contributed by atoms with Crippen molar-refractivity contribution in [2.45, 2.75) is 5.03 Å². The minimum absolute atomic E-state index is 0.498. The molecule has 6 heteroatoms. The van der Waals surface area contributed by atoms with Crippen LogP contribution in [0.5, 0.6) is 0 Å². The lowest BCUT2D eigenvalue weighted by atomic mass is 10.6. The fourth-order valence-corrected chi connectivity index (χ4v) is 1.59. The van der Waals surface area contributed by atoms with Crippen LogP contribution < -0.4 is 0 Å². The number of rotatable bonds is 1. The Hall–Kier alpha value is -1.30. The number of hydrogen-bond acceptors (Lipinski definition) is 4. The molecule has 2 aromatic rings. The van der Waals surface area contributed by atoms with E-state index in [4.69, 9.17) is 0 Å². The Labute approximate surface area is 70.7 Å². The van der Waals surface area contributed by atoms with Crippen molar-refractivity contribution in [3.63, 3.8) is 0 Å². The number of hydrogen-bond donors (Lipinski definition) is 1. The lowest BCUT2D eigenvalue weighted by Gasteiger charge is -1.94. The second-order valence-electron chi connectivity index (χ2n) is 2.23. The Morgan fingerprint density at radius 3 is 3.00 bits per heavy atom. The van der Waals surface area contributed by atoms with E-state index in [1.807, 2.05) is 0 Å². The maximum atomic E-state index is 11.1. The van der Waals surface area contributed by atoms with Crippen molar-refractivity contribution < 1.29 is 4.21 Å². The largest absolute Gasteiger partial charge is 0.341 e. The summed E-state index contributed by atoms with van der Waals surface area (Å²) in [5, 5.41) is 0.498. The Kier molecular flexibility index (Phi) is 1.61. The van der Waals surface area contributed by atoms with Gasteiger partial charge in [-0.2, -0.15) is 0 Å². The normalized spacial score (nSPS) is 13.4. The molecule has 0 fully saturated rings. The Morgan fingerprint density at radius 2 is 2.25 bits per heavy atom. The molecule has 1 atom stereocenters. The van der Waals surface area contributed by atoms with E-state index in [0.29, 0.717) is 16.2 Å². The molecule has 0 saturated heterocycles. The molecule has 0 amide bonds. The van der Waals surface area contributed by atoms with Crippen LogP contribution in [0.2, 0.25) is 0 Å². The van der Waals surface area contributed by atoms with Gasteiger partial charge in [-0.05, 0) is 0 Å². The fourth-order valence-electron chi connectivity index (χ4n) is 0.961. The molecule has 2 aromatic heterocycles. The van der Waals surface area contributed by atoms with Gasteiger partial charge in [-0.1, -0.05) is 0 Å². The van der Waals surface area contributed by atoms with E-state index in [2.05, 4.69) is 19.9 Å². The number of aromatic amines is 1. The van der Waals surface area contributed by atoms with Crippen LogP contribution in [0.15, 0.2) is 17.7 Å². The first-order valence-corrected chi connectivity index (χ1v) is 4.82. The predicted octanol–water partition coefficient (Wildman–Crippen LogP) is 0.0903. The smallest absolute Gasteiger partial charge is 0.181 e. The summed E-state index contributed by atoms with van der Waals surface area (Å²) >= 11 is 0. The summed E-state index contributed by atoms with van der Waals surface area (Å²) in [6.45, 7) is 0. The summed E-state index contributed by atoms with van der Waals surface area (Å²) in [4.78, 5) is 14.6. The average Bonchev–Trinajstić information content (AvgIpc) is 2.49. The third kappa shape index (κ3) is 1.00. The summed E-state index contributed by atoms with van der Waals surface area (Å²) in [6, 6.07) is 0. The summed E-state index contributed by atoms with van der Waals surface area (Å²) in [5.74, 6) is 0. The zero-order valence-electron chi connectivity index (χ0n) is 6.31. The van der Waals surface area contributed by atoms with Crippen LogP contribution in [-0.2, 0) is 10.8 Å². The molecule has 0 saturated carbocycles. The summed E-state index contributed by atoms with van der Waals surface area (Å²) < 4.78 is 11.1. The van der Waals surface area contributed by atoms with E-state index in [-0.39, 0.29) is 0 Å². The van der Waals surface area contributed by atoms with E-state index in [1.54, 1.807) is 6.26 Å². The molecule has 62 valence electrons. The lowest BCUT2D eigenvalue weighted by molar-refractivity contribution is 0.684. The molecular weight excluding hydrogens is 176 g/mol. The molecule has 1 N–H and O–H groups in total. The van der Waals surface area contributed by atoms with Crippen molar-refractivity contribution in [1.82, 2.24) is 19.9 Å². The van der Waals surface area contributed by atoms with E-state index in [1.165, 1.54) is 12.7 Å². The van der Waals surface area contributed by atoms with Gasteiger partial charge < -0.3 is 4.98 Å². The number of H-pyrrole nitrogens is 1. The van der Waals surface area contributed by atoms with Crippen molar-refractivity contribution in [2.75, 3.05) is 6.26 Å². The minimum atomic E-state index is -1.10. The molecule has 0 aliphatic carbocycles. The topological polar surface area (TPSA) is 71.5 Å². The maximum absolute atomic E-state index is 11.1. The summed E-state index contributed by atoms with van der Waals surface area (Å²) in [5.41, 5.74) is 1.20. The van der Waals surface area contributed by atoms with Crippen LogP contribution in [0.25, 0.3) is 11.2 Å². The highest BCUT2D eigenvalue weighted by atomic mass is 32.2. The van der Waals surface area contributed by atoms with Gasteiger partial charge in [0.1, 0.15) is 11.8 Å². The van der Waals surface area contributed by atoms with Gasteiger partial charge >= 0.3 is 0 Å². The second-order valence-corrected chi connectivity index (χ2v) is 3.53. The molecule has 0 radical (unpaired) electrons. The van der Waals surface area contributed by atoms with Gasteiger partial charge in [0.2, 0.25) is 0 Å². The standard InChI is InChI=1S/C6H6N4OS/c1-12(11)6-4-5(8-2-7-4)9-3-10-6/h2-3H,1H3,(H,7,8,9,10). The first kappa shape index (κ1) is 7.35. The van der Waals surface area contributed by atoms with Crippen molar-refractivity contribution in [1.29, 1.82) is 0 Å². The molecular formula is C6H6N4OS. The Bertz CT molecular complexity index is 438. The third-order valence-electron chi connectivity index (χ3n) is 1.46. The van der Waals surface area contributed by atoms with Gasteiger partial charge in [0.15, 0.2) is 10.7 Å². The molecule has 2 heterocycles. The molecule has 2 rings (SSSR count). The predicted molar refractivity (Wildman–Crippen MR) is 44.0 cm³/mol.